The van der Waals surface area contributed by atoms with Crippen molar-refractivity contribution >= 4 is 98.2 Å². The Kier molecular flexibility index (Phi) is 18.3. The number of benzene rings is 2. The minimum absolute atomic E-state index is 0.0111. The van der Waals surface area contributed by atoms with Gasteiger partial charge in [-0.05, 0) is 61.2 Å². The highest BCUT2D eigenvalue weighted by Gasteiger charge is 2.42. The molecule has 1 atom stereocenters. The summed E-state index contributed by atoms with van der Waals surface area (Å²) in [4.78, 5) is 75.3. The van der Waals surface area contributed by atoms with Crippen molar-refractivity contribution in [3.8, 4) is 29.9 Å². The third-order valence-corrected chi connectivity index (χ3v) is 11.4. The lowest BCUT2D eigenvalue weighted by atomic mass is 9.93. The van der Waals surface area contributed by atoms with E-state index in [4.69, 9.17) is 53.8 Å². The maximum absolute atomic E-state index is 14.7. The minimum atomic E-state index is -4.35. The molecule has 1 unspecified atom stereocenters. The standard InChI is InChI=1S/C19H15FN2O4.C14H13Cl2N5O4S.C3H8NO5P.C3H9S/c1-2-7-21-15-9-14(13(20)8-16(15)26-10-17(21)23)22-18(24)11-5-3-4-6-12(11)19(22)25;1-7-4-5-8(15)12(11(7)16)20-26(22,23)14-18-13-17-9(24-2)6-10(25-3)21(13)19-14;5-3(6)1-4-2-10(7,8)9;1-4(2)3/h1,8-9H,3-7,10H2;4-6,20H,1-3H3;4H,1-2H2,(H,5,6)(H2,7,8,9);1-3H3/q;;;+1/p-1. The van der Waals surface area contributed by atoms with Crippen molar-refractivity contribution in [2.75, 3.05) is 73.5 Å². The van der Waals surface area contributed by atoms with E-state index in [-0.39, 0.29) is 69.5 Å². The molecule has 66 heavy (non-hydrogen) atoms. The summed E-state index contributed by atoms with van der Waals surface area (Å²) in [6, 6.07) is 7.02. The van der Waals surface area contributed by atoms with Crippen LogP contribution >= 0.6 is 30.8 Å². The number of nitrogens with one attached hydrogen (secondary N) is 2. The summed E-state index contributed by atoms with van der Waals surface area (Å²) in [6.45, 7) is 0.981. The number of halogens is 3. The SMILES string of the molecule is C#CCN1C(=O)COc2cc(F)c(N3C(=O)C4=C(CCCC4)C3=O)cc21.COc1cc(OC)n2nc(S(=O)(=O)Nc3c(Cl)ccc(C)c3Cl)nc2n1.C[S+](C)C.O=C(O)CNCP(=O)([O-])O. The zero-order valence-corrected chi connectivity index (χ0v) is 40.1. The second-order valence-corrected chi connectivity index (χ2v) is 20.7. The van der Waals surface area contributed by atoms with Crippen molar-refractivity contribution in [3.05, 3.63) is 62.9 Å². The van der Waals surface area contributed by atoms with Crippen LogP contribution in [0.1, 0.15) is 31.2 Å². The summed E-state index contributed by atoms with van der Waals surface area (Å²) in [7, 11) is -5.08. The molecule has 0 fully saturated rings. The molecule has 0 saturated carbocycles. The summed E-state index contributed by atoms with van der Waals surface area (Å²) >= 11 is 12.2. The van der Waals surface area contributed by atoms with E-state index in [9.17, 15) is 41.4 Å². The Morgan fingerprint density at radius 2 is 1.68 bits per heavy atom. The number of carboxylic acid groups (broad SMARTS) is 1. The van der Waals surface area contributed by atoms with E-state index in [0.717, 1.165) is 28.3 Å². The first-order chi connectivity index (χ1) is 30.9. The number of amides is 3. The van der Waals surface area contributed by atoms with Gasteiger partial charge >= 0.3 is 5.97 Å². The molecule has 3 amide bonds. The van der Waals surface area contributed by atoms with Gasteiger partial charge in [-0.1, -0.05) is 35.2 Å². The molecule has 7 rings (SSSR count). The zero-order chi connectivity index (χ0) is 49.3. The number of carbonyl (C=O) groups excluding carboxylic acids is 3. The Hall–Kier alpha value is -5.51. The third kappa shape index (κ3) is 13.3. The molecule has 21 nitrogen and oxygen atoms in total. The topological polar surface area (TPSA) is 284 Å². The van der Waals surface area contributed by atoms with Crippen molar-refractivity contribution in [1.82, 2.24) is 24.9 Å². The fourth-order valence-electron chi connectivity index (χ4n) is 6.01. The number of hydrogen-bond acceptors (Lipinski definition) is 15. The molecule has 0 bridgehead atoms. The van der Waals surface area contributed by atoms with E-state index in [0.29, 0.717) is 40.4 Å². The van der Waals surface area contributed by atoms with Crippen LogP contribution < -0.4 is 38.9 Å². The fraction of sp³-hybridized carbons (Fsp3) is 0.359. The molecule has 2 aromatic heterocycles. The van der Waals surface area contributed by atoms with Crippen LogP contribution in [0.5, 0.6) is 17.5 Å². The molecule has 356 valence electrons. The molecule has 0 spiro atoms. The summed E-state index contributed by atoms with van der Waals surface area (Å²) in [5.41, 5.74) is 1.70. The molecular weight excluding hydrogens is 973 g/mol. The molecule has 3 aliphatic rings. The van der Waals surface area contributed by atoms with Crippen LogP contribution in [0.25, 0.3) is 5.78 Å². The fourth-order valence-corrected chi connectivity index (χ4v) is 7.94. The Balaban J connectivity index is 0.000000226. The number of terminal acetylenes is 1. The average Bonchev–Trinajstić information content (AvgIpc) is 3.80. The number of rotatable bonds is 11. The van der Waals surface area contributed by atoms with Gasteiger partial charge in [-0.3, -0.25) is 34.1 Å². The van der Waals surface area contributed by atoms with Crippen molar-refractivity contribution in [2.45, 2.75) is 37.8 Å². The summed E-state index contributed by atoms with van der Waals surface area (Å²) < 4.78 is 68.8. The Bertz CT molecular complexity index is 2730. The summed E-state index contributed by atoms with van der Waals surface area (Å²) in [5, 5.41) is 13.7. The van der Waals surface area contributed by atoms with Gasteiger partial charge < -0.3 is 33.7 Å². The molecule has 2 aromatic carbocycles. The maximum Gasteiger partial charge on any atom is 0.317 e. The van der Waals surface area contributed by atoms with Crippen LogP contribution in [0.3, 0.4) is 0 Å². The number of aliphatic carboxylic acids is 1. The van der Waals surface area contributed by atoms with Gasteiger partial charge in [-0.25, -0.2) is 9.29 Å². The van der Waals surface area contributed by atoms with Crippen LogP contribution in [-0.2, 0) is 44.7 Å². The lowest BCUT2D eigenvalue weighted by Crippen LogP contribution is -2.39. The molecule has 0 saturated heterocycles. The van der Waals surface area contributed by atoms with E-state index >= 15 is 0 Å². The van der Waals surface area contributed by atoms with Gasteiger partial charge in [0, 0.05) is 17.2 Å². The first kappa shape index (κ1) is 53.1. The quantitative estimate of drug-likeness (QED) is 0.0727. The zero-order valence-electron chi connectivity index (χ0n) is 36.1. The number of anilines is 3. The van der Waals surface area contributed by atoms with Crippen LogP contribution in [-0.4, -0.2) is 121 Å². The molecule has 4 aromatic rings. The number of hydrogen-bond donors (Lipinski definition) is 4. The van der Waals surface area contributed by atoms with Crippen molar-refractivity contribution in [3.63, 3.8) is 0 Å². The summed E-state index contributed by atoms with van der Waals surface area (Å²) in [6.07, 6.45) is 13.9. The number of aromatic nitrogens is 4. The number of sulfonamides is 1. The van der Waals surface area contributed by atoms with Crippen LogP contribution in [0.2, 0.25) is 10.0 Å². The smallest absolute Gasteiger partial charge is 0.317 e. The number of imide groups is 1. The van der Waals surface area contributed by atoms with E-state index in [1.54, 1.807) is 13.0 Å². The van der Waals surface area contributed by atoms with Crippen molar-refractivity contribution in [1.29, 1.82) is 0 Å². The average molecular weight is 1020 g/mol. The molecule has 4 N–H and O–H groups in total. The first-order valence-electron chi connectivity index (χ1n) is 19.0. The lowest BCUT2D eigenvalue weighted by molar-refractivity contribution is -0.193. The number of fused-ring (bicyclic) bond motifs is 2. The van der Waals surface area contributed by atoms with Gasteiger partial charge in [-0.15, -0.1) is 11.5 Å². The molecule has 27 heteroatoms. The van der Waals surface area contributed by atoms with Crippen LogP contribution in [0.15, 0.2) is 46.6 Å². The second-order valence-electron chi connectivity index (χ2n) is 14.3. The highest BCUT2D eigenvalue weighted by molar-refractivity contribution is 7.94. The van der Waals surface area contributed by atoms with Crippen LogP contribution in [0.4, 0.5) is 21.5 Å². The molecule has 1 aliphatic carbocycles. The number of methoxy groups -OCH3 is 2. The number of carbonyl (C=O) groups is 4. The molecule has 0 radical (unpaired) electrons. The summed E-state index contributed by atoms with van der Waals surface area (Å²) in [5.74, 6) is -0.379. The van der Waals surface area contributed by atoms with Gasteiger partial charge in [0.1, 0.15) is 13.3 Å². The number of aryl methyl sites for hydroxylation is 1. The van der Waals surface area contributed by atoms with Gasteiger partial charge in [0.05, 0.1) is 85.5 Å². The first-order valence-corrected chi connectivity index (χ1v) is 25.5. The second kappa shape index (κ2) is 22.8. The largest absolute Gasteiger partial charge is 0.778 e. The van der Waals surface area contributed by atoms with Crippen molar-refractivity contribution in [2.24, 2.45) is 0 Å². The van der Waals surface area contributed by atoms with Gasteiger partial charge in [0.25, 0.3) is 38.7 Å². The Labute approximate surface area is 391 Å². The van der Waals surface area contributed by atoms with Crippen molar-refractivity contribution < 1.29 is 65.7 Å². The highest BCUT2D eigenvalue weighted by Crippen LogP contribution is 2.42. The normalized spacial score (nSPS) is 15.2. The van der Waals surface area contributed by atoms with Gasteiger partial charge in [-0.2, -0.15) is 22.9 Å². The highest BCUT2D eigenvalue weighted by atomic mass is 35.5. The van der Waals surface area contributed by atoms with Gasteiger partial charge in [0.2, 0.25) is 11.8 Å². The maximum atomic E-state index is 14.7. The Morgan fingerprint density at radius 3 is 2.23 bits per heavy atom. The Morgan fingerprint density at radius 1 is 1.06 bits per heavy atom. The van der Waals surface area contributed by atoms with E-state index in [2.05, 4.69) is 44.5 Å². The number of nitrogens with zero attached hydrogens (tertiary/aromatic N) is 6. The minimum Gasteiger partial charge on any atom is -0.778 e. The molecule has 4 heterocycles. The lowest BCUT2D eigenvalue weighted by Gasteiger charge is -2.29. The van der Waals surface area contributed by atoms with E-state index in [1.807, 2.05) is 5.32 Å². The van der Waals surface area contributed by atoms with Gasteiger partial charge in [0.15, 0.2) is 12.4 Å². The number of carboxylic acids is 1. The molecular formula is C39H44Cl2FN8O13PS2. The monoisotopic (exact) mass is 1020 g/mol. The molecule has 2 aliphatic heterocycles. The van der Waals surface area contributed by atoms with E-state index in [1.165, 1.54) is 37.3 Å². The predicted octanol–water partition coefficient (Wildman–Crippen LogP) is 3.14. The third-order valence-electron chi connectivity index (χ3n) is 8.86. The van der Waals surface area contributed by atoms with Crippen LogP contribution in [0, 0.1) is 25.1 Å². The predicted molar refractivity (Wildman–Crippen MR) is 242 cm³/mol. The number of ether oxygens (including phenoxy) is 3. The van der Waals surface area contributed by atoms with E-state index < -0.39 is 59.2 Å².